The fourth-order valence-corrected chi connectivity index (χ4v) is 1.72. The molecule has 5 heteroatoms. The van der Waals surface area contributed by atoms with E-state index in [1.54, 1.807) is 7.11 Å². The average molecular weight is 282 g/mol. The van der Waals surface area contributed by atoms with E-state index in [1.807, 2.05) is 32.0 Å². The molecule has 0 heterocycles. The Bertz CT molecular complexity index is 383. The summed E-state index contributed by atoms with van der Waals surface area (Å²) in [5, 5.41) is 3.32. The van der Waals surface area contributed by atoms with Crippen molar-refractivity contribution in [3.63, 3.8) is 0 Å². The minimum atomic E-state index is 0.138. The second-order valence-corrected chi connectivity index (χ2v) is 4.84. The summed E-state index contributed by atoms with van der Waals surface area (Å²) >= 11 is 0. The summed E-state index contributed by atoms with van der Waals surface area (Å²) in [7, 11) is 1.67. The number of anilines is 2. The van der Waals surface area contributed by atoms with Gasteiger partial charge in [0, 0.05) is 43.8 Å². The van der Waals surface area contributed by atoms with Crippen LogP contribution in [0.15, 0.2) is 18.2 Å². The number of hydrogen-bond donors (Lipinski definition) is 2. The number of nitrogen functional groups attached to an aromatic ring is 1. The second kappa shape index (κ2) is 9.44. The smallest absolute Gasteiger partial charge is 0.123 e. The van der Waals surface area contributed by atoms with Gasteiger partial charge in [-0.15, -0.1) is 0 Å². The van der Waals surface area contributed by atoms with E-state index in [0.717, 1.165) is 24.4 Å². The summed E-state index contributed by atoms with van der Waals surface area (Å²) in [5.41, 5.74) is 7.53. The van der Waals surface area contributed by atoms with Crippen molar-refractivity contribution < 1.29 is 14.2 Å². The number of nitrogens with one attached hydrogen (secondary N) is 1. The lowest BCUT2D eigenvalue weighted by molar-refractivity contribution is 0.0705. The Kier molecular flexibility index (Phi) is 7.84. The largest absolute Gasteiger partial charge is 0.491 e. The molecule has 0 atom stereocenters. The molecule has 5 nitrogen and oxygen atoms in total. The molecule has 1 aromatic rings. The molecule has 0 aliphatic heterocycles. The lowest BCUT2D eigenvalue weighted by Crippen LogP contribution is -2.09. The third-order valence-electron chi connectivity index (χ3n) is 2.53. The number of methoxy groups -OCH3 is 1. The van der Waals surface area contributed by atoms with E-state index in [1.165, 1.54) is 0 Å². The summed E-state index contributed by atoms with van der Waals surface area (Å²) in [6.45, 7) is 6.81. The number of benzene rings is 1. The molecule has 0 amide bonds. The van der Waals surface area contributed by atoms with Gasteiger partial charge in [-0.2, -0.15) is 0 Å². The molecule has 0 aliphatic rings. The van der Waals surface area contributed by atoms with Crippen LogP contribution in [0.1, 0.15) is 20.3 Å². The van der Waals surface area contributed by atoms with Gasteiger partial charge in [-0.3, -0.25) is 0 Å². The van der Waals surface area contributed by atoms with Crippen LogP contribution in [0.3, 0.4) is 0 Å². The molecule has 0 bridgehead atoms. The normalized spacial score (nSPS) is 10.8. The Morgan fingerprint density at radius 2 is 1.95 bits per heavy atom. The van der Waals surface area contributed by atoms with E-state index >= 15 is 0 Å². The monoisotopic (exact) mass is 282 g/mol. The quantitative estimate of drug-likeness (QED) is 0.510. The van der Waals surface area contributed by atoms with Gasteiger partial charge in [0.25, 0.3) is 0 Å². The van der Waals surface area contributed by atoms with Gasteiger partial charge in [0.15, 0.2) is 0 Å². The maximum Gasteiger partial charge on any atom is 0.123 e. The van der Waals surface area contributed by atoms with Gasteiger partial charge in [0.2, 0.25) is 0 Å². The molecule has 0 radical (unpaired) electrons. The van der Waals surface area contributed by atoms with Crippen molar-refractivity contribution in [1.29, 1.82) is 0 Å². The number of rotatable bonds is 10. The lowest BCUT2D eigenvalue weighted by Gasteiger charge is -2.13. The highest BCUT2D eigenvalue weighted by atomic mass is 16.5. The Morgan fingerprint density at radius 3 is 2.65 bits per heavy atom. The molecule has 0 saturated carbocycles. The maximum atomic E-state index is 5.86. The summed E-state index contributed by atoms with van der Waals surface area (Å²) in [4.78, 5) is 0. The first-order valence-corrected chi connectivity index (χ1v) is 6.99. The van der Waals surface area contributed by atoms with Crippen molar-refractivity contribution >= 4 is 11.4 Å². The van der Waals surface area contributed by atoms with Gasteiger partial charge in [-0.1, -0.05) is 0 Å². The van der Waals surface area contributed by atoms with Crippen molar-refractivity contribution in [2.45, 2.75) is 26.4 Å². The van der Waals surface area contributed by atoms with E-state index in [9.17, 15) is 0 Å². The van der Waals surface area contributed by atoms with Gasteiger partial charge in [-0.25, -0.2) is 0 Å². The highest BCUT2D eigenvalue weighted by Gasteiger charge is 2.02. The van der Waals surface area contributed by atoms with Crippen molar-refractivity contribution in [3.8, 4) is 5.75 Å². The lowest BCUT2D eigenvalue weighted by atomic mass is 10.2. The van der Waals surface area contributed by atoms with Crippen molar-refractivity contribution in [1.82, 2.24) is 0 Å². The van der Waals surface area contributed by atoms with Crippen LogP contribution >= 0.6 is 0 Å². The number of hydrogen-bond acceptors (Lipinski definition) is 5. The molecule has 0 aromatic heterocycles. The highest BCUT2D eigenvalue weighted by Crippen LogP contribution is 2.23. The minimum Gasteiger partial charge on any atom is -0.491 e. The van der Waals surface area contributed by atoms with E-state index in [-0.39, 0.29) is 6.10 Å². The van der Waals surface area contributed by atoms with Crippen LogP contribution in [0.25, 0.3) is 0 Å². The van der Waals surface area contributed by atoms with Crippen molar-refractivity contribution in [2.24, 2.45) is 0 Å². The van der Waals surface area contributed by atoms with Crippen LogP contribution in [0.4, 0.5) is 11.4 Å². The maximum absolute atomic E-state index is 5.86. The fraction of sp³-hybridized carbons (Fsp3) is 0.600. The molecule has 0 fully saturated rings. The van der Waals surface area contributed by atoms with Crippen LogP contribution in [0.5, 0.6) is 5.75 Å². The van der Waals surface area contributed by atoms with Crippen LogP contribution < -0.4 is 15.8 Å². The molecule has 0 unspecified atom stereocenters. The van der Waals surface area contributed by atoms with E-state index < -0.39 is 0 Å². The third-order valence-corrected chi connectivity index (χ3v) is 2.53. The zero-order chi connectivity index (χ0) is 14.8. The van der Waals surface area contributed by atoms with E-state index in [2.05, 4.69) is 5.32 Å². The predicted octanol–water partition coefficient (Wildman–Crippen LogP) is 2.52. The molecular weight excluding hydrogens is 256 g/mol. The summed E-state index contributed by atoms with van der Waals surface area (Å²) in [6, 6.07) is 5.69. The first-order valence-electron chi connectivity index (χ1n) is 6.99. The van der Waals surface area contributed by atoms with Gasteiger partial charge in [0.05, 0.1) is 19.3 Å². The van der Waals surface area contributed by atoms with Crippen LogP contribution in [-0.2, 0) is 9.47 Å². The average Bonchev–Trinajstić information content (AvgIpc) is 2.36. The zero-order valence-electron chi connectivity index (χ0n) is 12.6. The predicted molar refractivity (Wildman–Crippen MR) is 82.4 cm³/mol. The SMILES string of the molecule is COCCOCCCNc1cc(N)cc(OC(C)C)c1. The fourth-order valence-electron chi connectivity index (χ4n) is 1.72. The number of ether oxygens (including phenoxy) is 3. The molecule has 0 aliphatic carbocycles. The molecule has 1 aromatic carbocycles. The molecule has 1 rings (SSSR count). The van der Waals surface area contributed by atoms with Crippen LogP contribution in [0.2, 0.25) is 0 Å². The Labute approximate surface area is 121 Å². The first kappa shape index (κ1) is 16.6. The molecule has 0 spiro atoms. The molecule has 20 heavy (non-hydrogen) atoms. The van der Waals surface area contributed by atoms with Gasteiger partial charge >= 0.3 is 0 Å². The topological polar surface area (TPSA) is 65.7 Å². The standard InChI is InChI=1S/C15H26N2O3/c1-12(2)20-15-10-13(16)9-14(11-15)17-5-4-6-19-8-7-18-3/h9-12,17H,4-8,16H2,1-3H3. The van der Waals surface area contributed by atoms with Gasteiger partial charge in [0.1, 0.15) is 5.75 Å². The van der Waals surface area contributed by atoms with E-state index in [0.29, 0.717) is 25.5 Å². The number of nitrogens with two attached hydrogens (primary N) is 1. The first-order chi connectivity index (χ1) is 9.61. The third kappa shape index (κ3) is 7.21. The second-order valence-electron chi connectivity index (χ2n) is 4.84. The Hall–Kier alpha value is -1.46. The minimum absolute atomic E-state index is 0.138. The Morgan fingerprint density at radius 1 is 1.15 bits per heavy atom. The van der Waals surface area contributed by atoms with Gasteiger partial charge < -0.3 is 25.3 Å². The van der Waals surface area contributed by atoms with Crippen LogP contribution in [-0.4, -0.2) is 39.6 Å². The summed E-state index contributed by atoms with van der Waals surface area (Å²) in [6.07, 6.45) is 1.07. The molecule has 114 valence electrons. The summed E-state index contributed by atoms with van der Waals surface area (Å²) < 4.78 is 16.0. The van der Waals surface area contributed by atoms with Gasteiger partial charge in [-0.05, 0) is 26.3 Å². The molecule has 0 saturated heterocycles. The van der Waals surface area contributed by atoms with Crippen LogP contribution in [0, 0.1) is 0 Å². The highest BCUT2D eigenvalue weighted by molar-refractivity contribution is 5.59. The zero-order valence-corrected chi connectivity index (χ0v) is 12.6. The molecular formula is C15H26N2O3. The van der Waals surface area contributed by atoms with Crippen molar-refractivity contribution in [3.05, 3.63) is 18.2 Å². The Balaban J connectivity index is 2.30. The van der Waals surface area contributed by atoms with E-state index in [4.69, 9.17) is 19.9 Å². The van der Waals surface area contributed by atoms with Crippen molar-refractivity contribution in [2.75, 3.05) is 44.5 Å². The molecule has 3 N–H and O–H groups in total. The summed E-state index contributed by atoms with van der Waals surface area (Å²) in [5.74, 6) is 0.791.